The Morgan fingerprint density at radius 1 is 1.03 bits per heavy atom. The number of hydrogen-bond donors (Lipinski definition) is 1. The molecular weight excluding hydrogens is 386 g/mol. The Morgan fingerprint density at radius 3 is 2.45 bits per heavy atom. The lowest BCUT2D eigenvalue weighted by Crippen LogP contribution is -2.34. The first-order valence-corrected chi connectivity index (χ1v) is 9.77. The summed E-state index contributed by atoms with van der Waals surface area (Å²) in [4.78, 5) is 22.2. The molecule has 0 fully saturated rings. The normalized spacial score (nSPS) is 18.1. The summed E-state index contributed by atoms with van der Waals surface area (Å²) in [6.07, 6.45) is 3.68. The average Bonchev–Trinajstić information content (AvgIpc) is 3.12. The topological polar surface area (TPSA) is 63.6 Å². The summed E-state index contributed by atoms with van der Waals surface area (Å²) in [7, 11) is 0. The molecule has 146 valence electrons. The molecule has 2 atom stereocenters. The first-order valence-electron chi connectivity index (χ1n) is 9.39. The third-order valence-corrected chi connectivity index (χ3v) is 5.27. The second kappa shape index (κ2) is 8.45. The van der Waals surface area contributed by atoms with Crippen LogP contribution in [0.15, 0.2) is 78.2 Å². The summed E-state index contributed by atoms with van der Waals surface area (Å²) in [5, 5.41) is 7.62. The number of halogens is 1. The van der Waals surface area contributed by atoms with E-state index in [2.05, 4.69) is 15.5 Å². The third-order valence-electron chi connectivity index (χ3n) is 4.94. The van der Waals surface area contributed by atoms with E-state index in [9.17, 15) is 4.79 Å². The smallest absolute Gasteiger partial charge is 0.268 e. The first kappa shape index (κ1) is 19.2. The van der Waals surface area contributed by atoms with E-state index in [4.69, 9.17) is 16.4 Å². The van der Waals surface area contributed by atoms with Gasteiger partial charge in [0.15, 0.2) is 0 Å². The van der Waals surface area contributed by atoms with Crippen molar-refractivity contribution in [3.63, 3.8) is 0 Å². The van der Waals surface area contributed by atoms with Gasteiger partial charge in [-0.15, -0.1) is 0 Å². The molecule has 4 rings (SSSR count). The molecule has 29 heavy (non-hydrogen) atoms. The Bertz CT molecular complexity index is 1040. The van der Waals surface area contributed by atoms with Gasteiger partial charge in [0.2, 0.25) is 6.10 Å². The standard InChI is InChI=1S/C23H20ClN3O2/c1-15-21(19-4-2-3-5-20(19)24)27-29-22(15)23(28)26-18-8-6-16(7-9-18)14-17-10-12-25-13-11-17/h2-13,15,22H,14H2,1H3,(H,26,28). The number of nitrogens with zero attached hydrogens (tertiary/aromatic N) is 2. The molecule has 1 N–H and O–H groups in total. The maximum atomic E-state index is 12.7. The van der Waals surface area contributed by atoms with Gasteiger partial charge in [-0.1, -0.05) is 54.0 Å². The molecule has 1 aromatic heterocycles. The molecule has 1 aliphatic rings. The van der Waals surface area contributed by atoms with Crippen LogP contribution in [0.25, 0.3) is 0 Å². The molecule has 6 heteroatoms. The van der Waals surface area contributed by atoms with E-state index in [1.54, 1.807) is 18.5 Å². The average molecular weight is 406 g/mol. The van der Waals surface area contributed by atoms with Crippen LogP contribution in [0, 0.1) is 5.92 Å². The number of rotatable bonds is 5. The van der Waals surface area contributed by atoms with E-state index in [-0.39, 0.29) is 11.8 Å². The van der Waals surface area contributed by atoms with Gasteiger partial charge >= 0.3 is 0 Å². The molecule has 5 nitrogen and oxygen atoms in total. The number of pyridine rings is 1. The maximum absolute atomic E-state index is 12.7. The molecule has 2 aromatic carbocycles. The number of aromatic nitrogens is 1. The van der Waals surface area contributed by atoms with Crippen LogP contribution in [0.1, 0.15) is 23.6 Å². The van der Waals surface area contributed by atoms with Crippen molar-refractivity contribution < 1.29 is 9.63 Å². The van der Waals surface area contributed by atoms with Gasteiger partial charge in [-0.25, -0.2) is 0 Å². The highest BCUT2D eigenvalue weighted by Crippen LogP contribution is 2.28. The summed E-state index contributed by atoms with van der Waals surface area (Å²) in [6.45, 7) is 1.91. The fourth-order valence-corrected chi connectivity index (χ4v) is 3.56. The summed E-state index contributed by atoms with van der Waals surface area (Å²) in [6, 6.07) is 19.2. The van der Waals surface area contributed by atoms with Crippen molar-refractivity contribution in [1.82, 2.24) is 4.98 Å². The Labute approximate surface area is 174 Å². The number of carbonyl (C=O) groups excluding carboxylic acids is 1. The van der Waals surface area contributed by atoms with Crippen LogP contribution in [0.4, 0.5) is 5.69 Å². The van der Waals surface area contributed by atoms with Gasteiger partial charge in [-0.05, 0) is 47.9 Å². The lowest BCUT2D eigenvalue weighted by Gasteiger charge is -2.15. The number of carbonyl (C=O) groups is 1. The second-order valence-corrected chi connectivity index (χ2v) is 7.40. The number of nitrogens with one attached hydrogen (secondary N) is 1. The molecule has 0 aliphatic carbocycles. The fourth-order valence-electron chi connectivity index (χ4n) is 3.33. The minimum atomic E-state index is -0.697. The van der Waals surface area contributed by atoms with Crippen molar-refractivity contribution in [2.24, 2.45) is 11.1 Å². The second-order valence-electron chi connectivity index (χ2n) is 6.99. The van der Waals surface area contributed by atoms with Crippen molar-refractivity contribution in [2.75, 3.05) is 5.32 Å². The number of hydrogen-bond acceptors (Lipinski definition) is 4. The fraction of sp³-hybridized carbons (Fsp3) is 0.174. The summed E-state index contributed by atoms with van der Waals surface area (Å²) in [5.41, 5.74) is 4.54. The Morgan fingerprint density at radius 2 is 1.72 bits per heavy atom. The molecule has 2 unspecified atom stereocenters. The highest BCUT2D eigenvalue weighted by molar-refractivity contribution is 6.34. The van der Waals surface area contributed by atoms with E-state index >= 15 is 0 Å². The molecule has 0 radical (unpaired) electrons. The molecule has 0 bridgehead atoms. The SMILES string of the molecule is CC1C(c2ccccc2Cl)=NOC1C(=O)Nc1ccc(Cc2ccncc2)cc1. The van der Waals surface area contributed by atoms with Gasteiger partial charge in [0.1, 0.15) is 0 Å². The minimum Gasteiger partial charge on any atom is -0.381 e. The van der Waals surface area contributed by atoms with Crippen LogP contribution >= 0.6 is 11.6 Å². The summed E-state index contributed by atoms with van der Waals surface area (Å²) >= 11 is 6.26. The quantitative estimate of drug-likeness (QED) is 0.669. The highest BCUT2D eigenvalue weighted by Gasteiger charge is 2.37. The number of amides is 1. The zero-order chi connectivity index (χ0) is 20.2. The molecule has 1 amide bonds. The van der Waals surface area contributed by atoms with Crippen LogP contribution in [0.3, 0.4) is 0 Å². The lowest BCUT2D eigenvalue weighted by atomic mass is 9.93. The lowest BCUT2D eigenvalue weighted by molar-refractivity contribution is -0.127. The Kier molecular flexibility index (Phi) is 5.58. The van der Waals surface area contributed by atoms with E-state index < -0.39 is 6.10 Å². The highest BCUT2D eigenvalue weighted by atomic mass is 35.5. The van der Waals surface area contributed by atoms with Crippen molar-refractivity contribution in [1.29, 1.82) is 0 Å². The van der Waals surface area contributed by atoms with Gasteiger partial charge in [-0.2, -0.15) is 0 Å². The van der Waals surface area contributed by atoms with Gasteiger partial charge in [-0.3, -0.25) is 9.78 Å². The zero-order valence-corrected chi connectivity index (χ0v) is 16.6. The summed E-state index contributed by atoms with van der Waals surface area (Å²) in [5.74, 6) is -0.439. The van der Waals surface area contributed by atoms with Gasteiger partial charge in [0.05, 0.1) is 11.6 Å². The van der Waals surface area contributed by atoms with Crippen LogP contribution in [-0.4, -0.2) is 22.7 Å². The van der Waals surface area contributed by atoms with Crippen molar-refractivity contribution in [3.8, 4) is 0 Å². The van der Waals surface area contributed by atoms with E-state index in [1.165, 1.54) is 5.56 Å². The maximum Gasteiger partial charge on any atom is 0.268 e. The monoisotopic (exact) mass is 405 g/mol. The molecular formula is C23H20ClN3O2. The molecule has 0 saturated carbocycles. The number of oxime groups is 1. The largest absolute Gasteiger partial charge is 0.381 e. The molecule has 3 aromatic rings. The molecule has 1 aliphatic heterocycles. The van der Waals surface area contributed by atoms with Crippen molar-refractivity contribution in [3.05, 3.63) is 94.8 Å². The Balaban J connectivity index is 1.39. The van der Waals surface area contributed by atoms with Gasteiger partial charge in [0.25, 0.3) is 5.91 Å². The molecule has 2 heterocycles. The van der Waals surface area contributed by atoms with E-state index in [1.807, 2.05) is 61.5 Å². The van der Waals surface area contributed by atoms with Crippen LogP contribution in [-0.2, 0) is 16.1 Å². The van der Waals surface area contributed by atoms with Crippen LogP contribution in [0.5, 0.6) is 0 Å². The zero-order valence-electron chi connectivity index (χ0n) is 15.9. The first-order chi connectivity index (χ1) is 14.1. The Hall–Kier alpha value is -3.18. The number of anilines is 1. The van der Waals surface area contributed by atoms with Crippen molar-refractivity contribution >= 4 is 28.9 Å². The van der Waals surface area contributed by atoms with Gasteiger partial charge in [0, 0.05) is 28.7 Å². The molecule has 0 saturated heterocycles. The van der Waals surface area contributed by atoms with Crippen LogP contribution < -0.4 is 5.32 Å². The third kappa shape index (κ3) is 4.30. The predicted octanol–water partition coefficient (Wildman–Crippen LogP) is 4.70. The van der Waals surface area contributed by atoms with E-state index in [0.717, 1.165) is 23.2 Å². The summed E-state index contributed by atoms with van der Waals surface area (Å²) < 4.78 is 0. The number of benzene rings is 2. The van der Waals surface area contributed by atoms with Gasteiger partial charge < -0.3 is 10.2 Å². The minimum absolute atomic E-state index is 0.208. The molecule has 0 spiro atoms. The predicted molar refractivity (Wildman–Crippen MR) is 114 cm³/mol. The van der Waals surface area contributed by atoms with Crippen LogP contribution in [0.2, 0.25) is 5.02 Å². The van der Waals surface area contributed by atoms with Crippen molar-refractivity contribution in [2.45, 2.75) is 19.4 Å². The van der Waals surface area contributed by atoms with E-state index in [0.29, 0.717) is 10.7 Å².